The Labute approximate surface area is 143 Å². The van der Waals surface area contributed by atoms with Crippen molar-refractivity contribution in [1.29, 1.82) is 0 Å². The Balaban J connectivity index is 1.60. The molecule has 0 spiro atoms. The first-order valence-electron chi connectivity index (χ1n) is 8.58. The predicted molar refractivity (Wildman–Crippen MR) is 92.3 cm³/mol. The van der Waals surface area contributed by atoms with E-state index in [9.17, 15) is 5.11 Å². The Hall–Kier alpha value is -1.66. The topological polar surface area (TPSA) is 60.1 Å². The minimum atomic E-state index is -0.0575. The average molecular weight is 330 g/mol. The zero-order valence-electron chi connectivity index (χ0n) is 14.0. The van der Waals surface area contributed by atoms with Crippen molar-refractivity contribution in [2.45, 2.75) is 32.2 Å². The van der Waals surface area contributed by atoms with Crippen LogP contribution in [-0.2, 0) is 19.7 Å². The molecule has 1 aliphatic rings. The number of hydrogen-bond donors (Lipinski definition) is 2. The summed E-state index contributed by atoms with van der Waals surface area (Å²) in [5.41, 5.74) is 1.31. The van der Waals surface area contributed by atoms with Gasteiger partial charge < -0.3 is 14.6 Å². The van der Waals surface area contributed by atoms with Crippen LogP contribution in [0.2, 0.25) is 0 Å². The number of furan rings is 1. The fraction of sp³-hybridized carbons (Fsp3) is 0.474. The number of piperazine rings is 1. The van der Waals surface area contributed by atoms with E-state index in [1.807, 2.05) is 18.2 Å². The summed E-state index contributed by atoms with van der Waals surface area (Å²) in [5, 5.41) is 18.5. The fourth-order valence-corrected chi connectivity index (χ4v) is 3.36. The highest BCUT2D eigenvalue weighted by Gasteiger charge is 2.27. The van der Waals surface area contributed by atoms with Crippen LogP contribution >= 0.6 is 0 Å². The quantitative estimate of drug-likeness (QED) is 0.811. The van der Waals surface area contributed by atoms with Gasteiger partial charge in [0.2, 0.25) is 0 Å². The number of aliphatic hydroxyl groups is 2. The van der Waals surface area contributed by atoms with Gasteiger partial charge in [0.1, 0.15) is 18.1 Å². The SMILES string of the molecule is OCCC1CN(Cc2ccc(CO)o2)CCN1Cc1ccccc1. The minimum Gasteiger partial charge on any atom is -0.462 e. The number of benzene rings is 1. The van der Waals surface area contributed by atoms with Crippen molar-refractivity contribution in [3.8, 4) is 0 Å². The summed E-state index contributed by atoms with van der Waals surface area (Å²) in [4.78, 5) is 4.82. The van der Waals surface area contributed by atoms with Crippen molar-refractivity contribution in [1.82, 2.24) is 9.80 Å². The second-order valence-corrected chi connectivity index (χ2v) is 6.38. The predicted octanol–water partition coefficient (Wildman–Crippen LogP) is 1.84. The molecule has 5 nitrogen and oxygen atoms in total. The van der Waals surface area contributed by atoms with Crippen LogP contribution in [0.15, 0.2) is 46.9 Å². The van der Waals surface area contributed by atoms with Crippen LogP contribution < -0.4 is 0 Å². The van der Waals surface area contributed by atoms with Crippen molar-refractivity contribution in [2.75, 3.05) is 26.2 Å². The van der Waals surface area contributed by atoms with Crippen LogP contribution in [0.4, 0.5) is 0 Å². The molecule has 5 heteroatoms. The van der Waals surface area contributed by atoms with Gasteiger partial charge in [-0.25, -0.2) is 0 Å². The molecule has 1 aromatic carbocycles. The first-order chi connectivity index (χ1) is 11.8. The maximum Gasteiger partial charge on any atom is 0.129 e. The van der Waals surface area contributed by atoms with E-state index in [0.717, 1.165) is 44.9 Å². The van der Waals surface area contributed by atoms with Crippen LogP contribution in [0, 0.1) is 0 Å². The number of rotatable bonds is 7. The van der Waals surface area contributed by atoms with Crippen LogP contribution in [0.25, 0.3) is 0 Å². The zero-order valence-corrected chi connectivity index (χ0v) is 14.0. The zero-order chi connectivity index (χ0) is 16.8. The van der Waals surface area contributed by atoms with Crippen molar-refractivity contribution in [3.05, 3.63) is 59.5 Å². The number of aliphatic hydroxyl groups excluding tert-OH is 2. The normalized spacial score (nSPS) is 19.7. The maximum absolute atomic E-state index is 9.42. The van der Waals surface area contributed by atoms with Crippen LogP contribution in [0.5, 0.6) is 0 Å². The van der Waals surface area contributed by atoms with Gasteiger partial charge in [-0.1, -0.05) is 30.3 Å². The molecule has 1 fully saturated rings. The van der Waals surface area contributed by atoms with Crippen LogP contribution in [0.1, 0.15) is 23.5 Å². The summed E-state index contributed by atoms with van der Waals surface area (Å²) >= 11 is 0. The first-order valence-corrected chi connectivity index (χ1v) is 8.58. The summed E-state index contributed by atoms with van der Waals surface area (Å²) in [6, 6.07) is 14.6. The molecule has 1 atom stereocenters. The molecule has 2 aromatic rings. The van der Waals surface area contributed by atoms with E-state index in [-0.39, 0.29) is 13.2 Å². The summed E-state index contributed by atoms with van der Waals surface area (Å²) in [5.74, 6) is 1.50. The highest BCUT2D eigenvalue weighted by Crippen LogP contribution is 2.19. The van der Waals surface area contributed by atoms with Gasteiger partial charge in [0.15, 0.2) is 0 Å². The Morgan fingerprint density at radius 1 is 0.958 bits per heavy atom. The lowest BCUT2D eigenvalue weighted by atomic mass is 10.1. The third-order valence-electron chi connectivity index (χ3n) is 4.63. The van der Waals surface area contributed by atoms with Gasteiger partial charge in [0.05, 0.1) is 6.54 Å². The van der Waals surface area contributed by atoms with Crippen LogP contribution in [-0.4, -0.2) is 52.3 Å². The minimum absolute atomic E-state index is 0.0575. The summed E-state index contributed by atoms with van der Waals surface area (Å²) in [6.45, 7) is 4.70. The molecule has 0 bridgehead atoms. The van der Waals surface area contributed by atoms with Gasteiger partial charge in [-0.15, -0.1) is 0 Å². The Kier molecular flexibility index (Phi) is 6.04. The molecule has 0 saturated carbocycles. The fourth-order valence-electron chi connectivity index (χ4n) is 3.36. The molecule has 0 radical (unpaired) electrons. The molecule has 1 aromatic heterocycles. The number of hydrogen-bond acceptors (Lipinski definition) is 5. The van der Waals surface area contributed by atoms with E-state index in [1.54, 1.807) is 0 Å². The van der Waals surface area contributed by atoms with E-state index < -0.39 is 0 Å². The molecule has 0 aliphatic carbocycles. The first kappa shape index (κ1) is 17.2. The molecule has 2 heterocycles. The lowest BCUT2D eigenvalue weighted by Gasteiger charge is -2.41. The van der Waals surface area contributed by atoms with Gasteiger partial charge in [0, 0.05) is 38.8 Å². The van der Waals surface area contributed by atoms with E-state index >= 15 is 0 Å². The Morgan fingerprint density at radius 2 is 1.75 bits per heavy atom. The smallest absolute Gasteiger partial charge is 0.129 e. The van der Waals surface area contributed by atoms with Gasteiger partial charge >= 0.3 is 0 Å². The van der Waals surface area contributed by atoms with Crippen molar-refractivity contribution >= 4 is 0 Å². The third-order valence-corrected chi connectivity index (χ3v) is 4.63. The maximum atomic E-state index is 9.42. The van der Waals surface area contributed by atoms with Gasteiger partial charge in [-0.2, -0.15) is 0 Å². The van der Waals surface area contributed by atoms with Crippen molar-refractivity contribution < 1.29 is 14.6 Å². The molecular weight excluding hydrogens is 304 g/mol. The van der Waals surface area contributed by atoms with E-state index in [4.69, 9.17) is 9.52 Å². The molecule has 1 unspecified atom stereocenters. The summed E-state index contributed by atoms with van der Waals surface area (Å²) < 4.78 is 5.60. The molecule has 130 valence electrons. The van der Waals surface area contributed by atoms with Crippen molar-refractivity contribution in [3.63, 3.8) is 0 Å². The molecule has 3 rings (SSSR count). The van der Waals surface area contributed by atoms with E-state index in [2.05, 4.69) is 34.1 Å². The lowest BCUT2D eigenvalue weighted by molar-refractivity contribution is 0.0464. The Morgan fingerprint density at radius 3 is 2.46 bits per heavy atom. The summed E-state index contributed by atoms with van der Waals surface area (Å²) in [7, 11) is 0. The molecular formula is C19H26N2O3. The second-order valence-electron chi connectivity index (χ2n) is 6.38. The second kappa shape index (κ2) is 8.44. The highest BCUT2D eigenvalue weighted by molar-refractivity contribution is 5.15. The molecule has 1 aliphatic heterocycles. The highest BCUT2D eigenvalue weighted by atomic mass is 16.4. The molecule has 1 saturated heterocycles. The summed E-state index contributed by atoms with van der Waals surface area (Å²) in [6.07, 6.45) is 0.781. The standard InChI is InChI=1S/C19H26N2O3/c22-11-8-17-13-20(14-18-6-7-19(15-23)24-18)9-10-21(17)12-16-4-2-1-3-5-16/h1-7,17,22-23H,8-15H2. The molecule has 0 amide bonds. The van der Waals surface area contributed by atoms with Gasteiger partial charge in [-0.05, 0) is 24.1 Å². The third kappa shape index (κ3) is 4.45. The average Bonchev–Trinajstić information content (AvgIpc) is 3.06. The monoisotopic (exact) mass is 330 g/mol. The van der Waals surface area contributed by atoms with E-state index in [0.29, 0.717) is 11.8 Å². The van der Waals surface area contributed by atoms with Gasteiger partial charge in [-0.3, -0.25) is 9.80 Å². The van der Waals surface area contributed by atoms with E-state index in [1.165, 1.54) is 5.56 Å². The van der Waals surface area contributed by atoms with Crippen LogP contribution in [0.3, 0.4) is 0 Å². The lowest BCUT2D eigenvalue weighted by Crippen LogP contribution is -2.52. The number of nitrogens with zero attached hydrogens (tertiary/aromatic N) is 2. The Bertz CT molecular complexity index is 614. The van der Waals surface area contributed by atoms with Gasteiger partial charge in [0.25, 0.3) is 0 Å². The largest absolute Gasteiger partial charge is 0.462 e. The molecule has 2 N–H and O–H groups in total. The molecule has 24 heavy (non-hydrogen) atoms. The van der Waals surface area contributed by atoms with Crippen molar-refractivity contribution in [2.24, 2.45) is 0 Å².